The Morgan fingerprint density at radius 1 is 1.04 bits per heavy atom. The van der Waals surface area contributed by atoms with Gasteiger partial charge in [-0.2, -0.15) is 4.57 Å². The summed E-state index contributed by atoms with van der Waals surface area (Å²) >= 11 is 1.81. The Hall–Kier alpha value is -2.07. The highest BCUT2D eigenvalue weighted by molar-refractivity contribution is 7.21. The first kappa shape index (κ1) is 14.5. The van der Waals surface area contributed by atoms with E-state index in [0.29, 0.717) is 0 Å². The van der Waals surface area contributed by atoms with E-state index in [1.54, 1.807) is 7.11 Å². The van der Waals surface area contributed by atoms with Gasteiger partial charge in [-0.3, -0.25) is 0 Å². The van der Waals surface area contributed by atoms with Crippen LogP contribution in [0.5, 0.6) is 5.75 Å². The number of thiazole rings is 1. The second kappa shape index (κ2) is 5.85. The molecule has 2 aromatic carbocycles. The molecule has 0 spiro atoms. The average molecular weight is 325 g/mol. The number of anilines is 1. The molecule has 2 heterocycles. The normalized spacial score (nSPS) is 14.6. The van der Waals surface area contributed by atoms with Gasteiger partial charge in [-0.05, 0) is 43.2 Å². The maximum absolute atomic E-state index is 5.34. The van der Waals surface area contributed by atoms with Crippen LogP contribution in [0.15, 0.2) is 42.5 Å². The lowest BCUT2D eigenvalue weighted by Gasteiger charge is -2.17. The molecule has 0 unspecified atom stereocenters. The van der Waals surface area contributed by atoms with Crippen LogP contribution in [-0.4, -0.2) is 20.2 Å². The van der Waals surface area contributed by atoms with Gasteiger partial charge < -0.3 is 9.64 Å². The molecule has 4 rings (SSSR count). The number of ether oxygens (including phenoxy) is 1. The van der Waals surface area contributed by atoms with Gasteiger partial charge >= 0.3 is 0 Å². The van der Waals surface area contributed by atoms with Crippen LogP contribution in [-0.2, 0) is 7.05 Å². The number of fused-ring (bicyclic) bond motifs is 1. The van der Waals surface area contributed by atoms with Crippen molar-refractivity contribution in [2.75, 3.05) is 25.1 Å². The lowest BCUT2D eigenvalue weighted by atomic mass is 10.2. The summed E-state index contributed by atoms with van der Waals surface area (Å²) in [6, 6.07) is 15.3. The Balaban J connectivity index is 1.71. The second-order valence-electron chi connectivity index (χ2n) is 6.04. The van der Waals surface area contributed by atoms with E-state index in [9.17, 15) is 0 Å². The van der Waals surface area contributed by atoms with Gasteiger partial charge in [0.1, 0.15) is 17.5 Å². The number of nitrogens with zero attached hydrogens (tertiary/aromatic N) is 2. The van der Waals surface area contributed by atoms with E-state index < -0.39 is 0 Å². The maximum Gasteiger partial charge on any atom is 0.269 e. The molecule has 0 N–H and O–H groups in total. The smallest absolute Gasteiger partial charge is 0.269 e. The summed E-state index contributed by atoms with van der Waals surface area (Å²) < 4.78 is 8.86. The number of hydrogen-bond acceptors (Lipinski definition) is 3. The van der Waals surface area contributed by atoms with Crippen LogP contribution < -0.4 is 14.2 Å². The van der Waals surface area contributed by atoms with Crippen molar-refractivity contribution in [3.05, 3.63) is 42.5 Å². The zero-order valence-electron chi connectivity index (χ0n) is 13.6. The number of benzene rings is 2. The molecule has 0 bridgehead atoms. The van der Waals surface area contributed by atoms with Crippen molar-refractivity contribution in [1.82, 2.24) is 0 Å². The molecule has 0 aliphatic carbocycles. The molecule has 0 radical (unpaired) electrons. The minimum Gasteiger partial charge on any atom is -0.497 e. The molecule has 3 nitrogen and oxygen atoms in total. The Kier molecular flexibility index (Phi) is 3.69. The van der Waals surface area contributed by atoms with E-state index in [2.05, 4.69) is 52.9 Å². The summed E-state index contributed by atoms with van der Waals surface area (Å²) in [5.41, 5.74) is 3.86. The molecule has 0 atom stereocenters. The summed E-state index contributed by atoms with van der Waals surface area (Å²) in [6.45, 7) is 2.38. The summed E-state index contributed by atoms with van der Waals surface area (Å²) in [5, 5.41) is 1.28. The molecule has 1 aromatic heterocycles. The zero-order chi connectivity index (χ0) is 15.8. The number of rotatable bonds is 3. The molecule has 1 saturated heterocycles. The van der Waals surface area contributed by atoms with E-state index in [1.807, 2.05) is 17.4 Å². The lowest BCUT2D eigenvalue weighted by molar-refractivity contribution is -0.629. The van der Waals surface area contributed by atoms with Crippen molar-refractivity contribution in [2.45, 2.75) is 12.8 Å². The fourth-order valence-corrected chi connectivity index (χ4v) is 4.49. The number of methoxy groups -OCH3 is 1. The molecule has 4 heteroatoms. The SMILES string of the molecule is COc1ccc2c(c1)sc(-c1ccc(N3CCCC3)cc1)[n+]2C. The van der Waals surface area contributed by atoms with Gasteiger partial charge in [0, 0.05) is 30.9 Å². The topological polar surface area (TPSA) is 16.4 Å². The third-order valence-corrected chi connectivity index (χ3v) is 5.87. The van der Waals surface area contributed by atoms with Gasteiger partial charge in [-0.15, -0.1) is 0 Å². The minimum absolute atomic E-state index is 0.912. The highest BCUT2D eigenvalue weighted by Crippen LogP contribution is 2.32. The van der Waals surface area contributed by atoms with Crippen LogP contribution in [0.25, 0.3) is 20.8 Å². The molecule has 1 aliphatic rings. The molecule has 118 valence electrons. The van der Waals surface area contributed by atoms with Gasteiger partial charge in [0.05, 0.1) is 12.7 Å². The van der Waals surface area contributed by atoms with Gasteiger partial charge in [0.15, 0.2) is 0 Å². The summed E-state index contributed by atoms with van der Waals surface area (Å²) in [5.74, 6) is 0.912. The van der Waals surface area contributed by atoms with E-state index in [0.717, 1.165) is 5.75 Å². The first-order valence-electron chi connectivity index (χ1n) is 8.08. The van der Waals surface area contributed by atoms with Gasteiger partial charge in [-0.1, -0.05) is 11.3 Å². The summed E-state index contributed by atoms with van der Waals surface area (Å²) in [4.78, 5) is 2.47. The Morgan fingerprint density at radius 3 is 2.48 bits per heavy atom. The standard InChI is InChI=1S/C19H21N2OS/c1-20-17-10-9-16(22-2)13-18(17)23-19(20)14-5-7-15(8-6-14)21-11-3-4-12-21/h5-10,13H,3-4,11-12H2,1-2H3/q+1. The first-order valence-corrected chi connectivity index (χ1v) is 8.90. The predicted octanol–water partition coefficient (Wildman–Crippen LogP) is 4.00. The average Bonchev–Trinajstić information content (AvgIpc) is 3.23. The van der Waals surface area contributed by atoms with Crippen LogP contribution in [0, 0.1) is 0 Å². The minimum atomic E-state index is 0.912. The Labute approximate surface area is 140 Å². The van der Waals surface area contributed by atoms with Crippen LogP contribution in [0.3, 0.4) is 0 Å². The van der Waals surface area contributed by atoms with Gasteiger partial charge in [-0.25, -0.2) is 0 Å². The van der Waals surface area contributed by atoms with Crippen molar-refractivity contribution < 1.29 is 9.30 Å². The predicted molar refractivity (Wildman–Crippen MR) is 96.4 cm³/mol. The third kappa shape index (κ3) is 2.57. The monoisotopic (exact) mass is 325 g/mol. The summed E-state index contributed by atoms with van der Waals surface area (Å²) in [7, 11) is 3.85. The fourth-order valence-electron chi connectivity index (χ4n) is 3.31. The van der Waals surface area contributed by atoms with Crippen molar-refractivity contribution >= 4 is 27.2 Å². The number of aryl methyl sites for hydroxylation is 1. The maximum atomic E-state index is 5.34. The van der Waals surface area contributed by atoms with Crippen molar-refractivity contribution in [2.24, 2.45) is 7.05 Å². The number of hydrogen-bond donors (Lipinski definition) is 0. The molecule has 1 aliphatic heterocycles. The molecule has 3 aromatic rings. The van der Waals surface area contributed by atoms with Crippen LogP contribution in [0.2, 0.25) is 0 Å². The van der Waals surface area contributed by atoms with E-state index >= 15 is 0 Å². The van der Waals surface area contributed by atoms with Crippen molar-refractivity contribution in [1.29, 1.82) is 0 Å². The van der Waals surface area contributed by atoms with Crippen molar-refractivity contribution in [3.8, 4) is 16.3 Å². The highest BCUT2D eigenvalue weighted by Gasteiger charge is 2.20. The quantitative estimate of drug-likeness (QED) is 0.677. The number of aromatic nitrogens is 1. The molecular formula is C19H21N2OS+. The van der Waals surface area contributed by atoms with E-state index in [-0.39, 0.29) is 0 Å². The molecular weight excluding hydrogens is 304 g/mol. The molecule has 0 amide bonds. The third-order valence-electron chi connectivity index (χ3n) is 4.63. The van der Waals surface area contributed by atoms with Crippen LogP contribution >= 0.6 is 11.3 Å². The lowest BCUT2D eigenvalue weighted by Crippen LogP contribution is -2.28. The van der Waals surface area contributed by atoms with E-state index in [4.69, 9.17) is 4.74 Å². The molecule has 0 saturated carbocycles. The van der Waals surface area contributed by atoms with Crippen LogP contribution in [0.1, 0.15) is 12.8 Å². The van der Waals surface area contributed by atoms with Gasteiger partial charge in [0.25, 0.3) is 5.01 Å². The van der Waals surface area contributed by atoms with Gasteiger partial charge in [0.2, 0.25) is 5.52 Å². The first-order chi connectivity index (χ1) is 11.3. The summed E-state index contributed by atoms with van der Waals surface area (Å²) in [6.07, 6.45) is 2.63. The molecule has 23 heavy (non-hydrogen) atoms. The Bertz CT molecular complexity index is 832. The second-order valence-corrected chi connectivity index (χ2v) is 7.07. The Morgan fingerprint density at radius 2 is 1.78 bits per heavy atom. The molecule has 1 fully saturated rings. The largest absolute Gasteiger partial charge is 0.497 e. The zero-order valence-corrected chi connectivity index (χ0v) is 14.4. The highest BCUT2D eigenvalue weighted by atomic mass is 32.1. The van der Waals surface area contributed by atoms with Crippen molar-refractivity contribution in [3.63, 3.8) is 0 Å². The van der Waals surface area contributed by atoms with E-state index in [1.165, 1.54) is 52.4 Å². The van der Waals surface area contributed by atoms with Crippen LogP contribution in [0.4, 0.5) is 5.69 Å². The fraction of sp³-hybridized carbons (Fsp3) is 0.316.